The van der Waals surface area contributed by atoms with Gasteiger partial charge in [0, 0.05) is 18.0 Å². The Labute approximate surface area is 115 Å². The lowest BCUT2D eigenvalue weighted by Crippen LogP contribution is -2.12. The van der Waals surface area contributed by atoms with Gasteiger partial charge in [-0.3, -0.25) is 0 Å². The van der Waals surface area contributed by atoms with E-state index in [0.717, 1.165) is 31.1 Å². The van der Waals surface area contributed by atoms with Gasteiger partial charge in [0.1, 0.15) is 11.1 Å². The first-order valence-corrected chi connectivity index (χ1v) is 7.70. The lowest BCUT2D eigenvalue weighted by Gasteiger charge is -2.07. The summed E-state index contributed by atoms with van der Waals surface area (Å²) in [5.74, 6) is 0.641. The monoisotopic (exact) mass is 270 g/mol. The Kier molecular flexibility index (Phi) is 6.82. The van der Waals surface area contributed by atoms with Gasteiger partial charge >= 0.3 is 0 Å². The van der Waals surface area contributed by atoms with Crippen LogP contribution in [0.25, 0.3) is 0 Å². The number of hydrogen-bond acceptors (Lipinski definition) is 4. The summed E-state index contributed by atoms with van der Waals surface area (Å²) in [5.41, 5.74) is 1.25. The first-order chi connectivity index (χ1) is 8.58. The van der Waals surface area contributed by atoms with Crippen LogP contribution in [-0.4, -0.2) is 18.1 Å². The summed E-state index contributed by atoms with van der Waals surface area (Å²) in [4.78, 5) is 6.14. The van der Waals surface area contributed by atoms with Crippen LogP contribution in [-0.2, 0) is 17.7 Å². The highest BCUT2D eigenvalue weighted by Gasteiger charge is 2.16. The van der Waals surface area contributed by atoms with Gasteiger partial charge in [-0.1, -0.05) is 20.8 Å². The van der Waals surface area contributed by atoms with Crippen LogP contribution >= 0.6 is 11.3 Å². The van der Waals surface area contributed by atoms with Gasteiger partial charge in [-0.25, -0.2) is 4.98 Å². The van der Waals surface area contributed by atoms with E-state index in [9.17, 15) is 0 Å². The van der Waals surface area contributed by atoms with E-state index in [1.165, 1.54) is 10.6 Å². The average molecular weight is 270 g/mol. The maximum absolute atomic E-state index is 5.63. The molecule has 1 unspecified atom stereocenters. The van der Waals surface area contributed by atoms with Crippen molar-refractivity contribution in [1.29, 1.82) is 0 Å². The predicted molar refractivity (Wildman–Crippen MR) is 78.1 cm³/mol. The third-order valence-electron chi connectivity index (χ3n) is 2.70. The van der Waals surface area contributed by atoms with Crippen molar-refractivity contribution in [1.82, 2.24) is 10.3 Å². The molecule has 0 spiro atoms. The minimum absolute atomic E-state index is 0.112. The number of aromatic nitrogens is 1. The van der Waals surface area contributed by atoms with Gasteiger partial charge in [-0.15, -0.1) is 11.3 Å². The van der Waals surface area contributed by atoms with E-state index in [-0.39, 0.29) is 6.10 Å². The molecule has 104 valence electrons. The zero-order valence-electron chi connectivity index (χ0n) is 12.2. The summed E-state index contributed by atoms with van der Waals surface area (Å²) in [6, 6.07) is 0. The molecule has 4 heteroatoms. The van der Waals surface area contributed by atoms with E-state index in [0.29, 0.717) is 5.92 Å². The summed E-state index contributed by atoms with van der Waals surface area (Å²) >= 11 is 1.79. The van der Waals surface area contributed by atoms with Crippen LogP contribution in [0.15, 0.2) is 0 Å². The molecular weight excluding hydrogens is 244 g/mol. The molecule has 1 N–H and O–H groups in total. The molecule has 0 amide bonds. The van der Waals surface area contributed by atoms with Gasteiger partial charge < -0.3 is 10.1 Å². The van der Waals surface area contributed by atoms with Crippen molar-refractivity contribution < 1.29 is 4.74 Å². The van der Waals surface area contributed by atoms with E-state index >= 15 is 0 Å². The van der Waals surface area contributed by atoms with Crippen molar-refractivity contribution >= 4 is 11.3 Å². The topological polar surface area (TPSA) is 34.1 Å². The molecule has 1 aromatic heterocycles. The molecule has 0 aromatic carbocycles. The second-order valence-corrected chi connectivity index (χ2v) is 6.01. The fraction of sp³-hybridized carbons (Fsp3) is 0.786. The highest BCUT2D eigenvalue weighted by molar-refractivity contribution is 7.11. The lowest BCUT2D eigenvalue weighted by molar-refractivity contribution is 0.0761. The molecule has 0 aliphatic carbocycles. The molecule has 1 heterocycles. The Morgan fingerprint density at radius 1 is 1.28 bits per heavy atom. The summed E-state index contributed by atoms with van der Waals surface area (Å²) in [6.45, 7) is 13.4. The van der Waals surface area contributed by atoms with Crippen LogP contribution in [0, 0.1) is 5.92 Å². The molecule has 0 saturated heterocycles. The Morgan fingerprint density at radius 2 is 2.00 bits per heavy atom. The van der Waals surface area contributed by atoms with Crippen molar-refractivity contribution in [3.8, 4) is 0 Å². The zero-order valence-corrected chi connectivity index (χ0v) is 13.1. The van der Waals surface area contributed by atoms with Crippen LogP contribution in [0.1, 0.15) is 56.3 Å². The number of rotatable bonds is 8. The fourth-order valence-electron chi connectivity index (χ4n) is 1.82. The van der Waals surface area contributed by atoms with E-state index in [2.05, 4.69) is 33.0 Å². The van der Waals surface area contributed by atoms with E-state index < -0.39 is 0 Å². The molecule has 0 aliphatic rings. The van der Waals surface area contributed by atoms with Gasteiger partial charge in [0.15, 0.2) is 0 Å². The summed E-state index contributed by atoms with van der Waals surface area (Å²) in [5, 5.41) is 4.50. The summed E-state index contributed by atoms with van der Waals surface area (Å²) in [7, 11) is 0. The molecule has 3 nitrogen and oxygen atoms in total. The molecule has 1 aromatic rings. The molecule has 0 aliphatic heterocycles. The van der Waals surface area contributed by atoms with Gasteiger partial charge in [0.05, 0.1) is 5.69 Å². The lowest BCUT2D eigenvalue weighted by atomic mass is 10.1. The van der Waals surface area contributed by atoms with Crippen molar-refractivity contribution in [2.45, 2.75) is 53.7 Å². The number of nitrogens with zero attached hydrogens (tertiary/aromatic N) is 1. The van der Waals surface area contributed by atoms with E-state index in [1.54, 1.807) is 11.3 Å². The fourth-order valence-corrected chi connectivity index (χ4v) is 2.88. The first kappa shape index (κ1) is 15.6. The summed E-state index contributed by atoms with van der Waals surface area (Å²) in [6.07, 6.45) is 1.16. The van der Waals surface area contributed by atoms with Crippen molar-refractivity contribution in [3.63, 3.8) is 0 Å². The Bertz CT molecular complexity index is 350. The van der Waals surface area contributed by atoms with Crippen molar-refractivity contribution in [2.75, 3.05) is 13.2 Å². The van der Waals surface area contributed by atoms with Crippen LogP contribution < -0.4 is 5.32 Å². The molecule has 0 bridgehead atoms. The maximum atomic E-state index is 5.63. The SMILES string of the molecule is CCNCc1sc(C(C)OCC)nc1CC(C)C. The van der Waals surface area contributed by atoms with Crippen LogP contribution in [0.3, 0.4) is 0 Å². The quantitative estimate of drug-likeness (QED) is 0.784. The summed E-state index contributed by atoms with van der Waals surface area (Å²) < 4.78 is 5.63. The van der Waals surface area contributed by atoms with Crippen molar-refractivity contribution in [2.24, 2.45) is 5.92 Å². The molecule has 0 saturated carbocycles. The van der Waals surface area contributed by atoms with Crippen LogP contribution in [0.2, 0.25) is 0 Å². The highest BCUT2D eigenvalue weighted by Crippen LogP contribution is 2.27. The van der Waals surface area contributed by atoms with Gasteiger partial charge in [0.25, 0.3) is 0 Å². The van der Waals surface area contributed by atoms with Gasteiger partial charge in [0.2, 0.25) is 0 Å². The smallest absolute Gasteiger partial charge is 0.122 e. The molecule has 0 radical (unpaired) electrons. The second-order valence-electron chi connectivity index (χ2n) is 4.90. The highest BCUT2D eigenvalue weighted by atomic mass is 32.1. The standard InChI is InChI=1S/C14H26N2OS/c1-6-15-9-13-12(8-10(3)4)16-14(18-13)11(5)17-7-2/h10-11,15H,6-9H2,1-5H3. The normalized spacial score (nSPS) is 13.2. The average Bonchev–Trinajstić information content (AvgIpc) is 2.69. The number of nitrogens with one attached hydrogen (secondary N) is 1. The molecule has 1 atom stereocenters. The number of hydrogen-bond donors (Lipinski definition) is 1. The molecule has 0 fully saturated rings. The Hall–Kier alpha value is -0.450. The van der Waals surface area contributed by atoms with Crippen LogP contribution in [0.4, 0.5) is 0 Å². The predicted octanol–water partition coefficient (Wildman–Crippen LogP) is 3.55. The second kappa shape index (κ2) is 7.87. The van der Waals surface area contributed by atoms with Gasteiger partial charge in [-0.2, -0.15) is 0 Å². The third kappa shape index (κ3) is 4.67. The largest absolute Gasteiger partial charge is 0.372 e. The minimum Gasteiger partial charge on any atom is -0.372 e. The molecular formula is C14H26N2OS. The zero-order chi connectivity index (χ0) is 13.5. The first-order valence-electron chi connectivity index (χ1n) is 6.89. The maximum Gasteiger partial charge on any atom is 0.122 e. The molecule has 1 rings (SSSR count). The van der Waals surface area contributed by atoms with E-state index in [4.69, 9.17) is 9.72 Å². The number of thiazole rings is 1. The van der Waals surface area contributed by atoms with Gasteiger partial charge in [-0.05, 0) is 32.7 Å². The van der Waals surface area contributed by atoms with Crippen LogP contribution in [0.5, 0.6) is 0 Å². The van der Waals surface area contributed by atoms with E-state index in [1.807, 2.05) is 6.92 Å². The molecule has 18 heavy (non-hydrogen) atoms. The third-order valence-corrected chi connectivity index (χ3v) is 3.96. The Morgan fingerprint density at radius 3 is 2.56 bits per heavy atom. The van der Waals surface area contributed by atoms with Crippen molar-refractivity contribution in [3.05, 3.63) is 15.6 Å². The minimum atomic E-state index is 0.112. The Balaban J connectivity index is 2.84. The number of ether oxygens (including phenoxy) is 1.